The van der Waals surface area contributed by atoms with E-state index in [0.29, 0.717) is 22.4 Å². The van der Waals surface area contributed by atoms with Gasteiger partial charge in [-0.2, -0.15) is 0 Å². The zero-order chi connectivity index (χ0) is 36.9. The van der Waals surface area contributed by atoms with Crippen LogP contribution in [0.4, 0.5) is 5.69 Å². The zero-order valence-electron chi connectivity index (χ0n) is 28.8. The molecular formula is C41H38INO9. The summed E-state index contributed by atoms with van der Waals surface area (Å²) in [6.45, 7) is 1.17. The molecule has 0 radical (unpaired) electrons. The van der Waals surface area contributed by atoms with Gasteiger partial charge < -0.3 is 23.8 Å². The first-order valence-corrected chi connectivity index (χ1v) is 18.1. The lowest BCUT2D eigenvalue weighted by Crippen LogP contribution is -2.56. The highest BCUT2D eigenvalue weighted by molar-refractivity contribution is 14.1. The molecule has 10 nitrogen and oxygen atoms in total. The van der Waals surface area contributed by atoms with Crippen molar-refractivity contribution in [2.75, 3.05) is 18.6 Å². The number of amides is 1. The van der Waals surface area contributed by atoms with E-state index in [0.717, 1.165) is 9.13 Å². The van der Waals surface area contributed by atoms with Crippen molar-refractivity contribution in [3.05, 3.63) is 135 Å². The van der Waals surface area contributed by atoms with Crippen LogP contribution >= 0.6 is 22.6 Å². The van der Waals surface area contributed by atoms with Crippen LogP contribution in [-0.4, -0.2) is 43.5 Å². The molecule has 4 aromatic rings. The molecule has 0 aromatic heterocycles. The molecule has 1 spiro atoms. The molecule has 0 unspecified atom stereocenters. The monoisotopic (exact) mass is 815 g/mol. The first-order chi connectivity index (χ1) is 25.2. The number of nitrogens with zero attached hydrogens (tertiary/aromatic N) is 1. The van der Waals surface area contributed by atoms with Crippen LogP contribution in [0.5, 0.6) is 0 Å². The SMILES string of the molecule is CCOC(=O)[C@@H]1C(C(=O)OCc2ccccc2)(C(=O)OCc2ccccc2)C[C@H](CC(=O)OC)[C@@]12C(=O)N(Cc1ccccc1)c1ccc(I)cc12. The van der Waals surface area contributed by atoms with Crippen LogP contribution in [0.15, 0.2) is 109 Å². The highest BCUT2D eigenvalue weighted by Gasteiger charge is 2.78. The third-order valence-corrected chi connectivity index (χ3v) is 10.6. The van der Waals surface area contributed by atoms with E-state index < -0.39 is 58.9 Å². The Morgan fingerprint density at radius 2 is 1.31 bits per heavy atom. The van der Waals surface area contributed by atoms with E-state index in [2.05, 4.69) is 22.6 Å². The minimum atomic E-state index is -2.40. The van der Waals surface area contributed by atoms with Gasteiger partial charge in [0.1, 0.15) is 19.1 Å². The Kier molecular flexibility index (Phi) is 11.1. The van der Waals surface area contributed by atoms with Crippen molar-refractivity contribution in [2.24, 2.45) is 17.3 Å². The smallest absolute Gasteiger partial charge is 0.324 e. The minimum Gasteiger partial charge on any atom is -0.469 e. The number of benzene rings is 4. The van der Waals surface area contributed by atoms with Gasteiger partial charge in [-0.3, -0.25) is 24.0 Å². The maximum atomic E-state index is 15.5. The maximum Gasteiger partial charge on any atom is 0.324 e. The Hall–Kier alpha value is -5.04. The highest BCUT2D eigenvalue weighted by atomic mass is 127. The molecule has 3 atom stereocenters. The number of ether oxygens (including phenoxy) is 4. The number of carbonyl (C=O) groups is 5. The Bertz CT molecular complexity index is 1900. The van der Waals surface area contributed by atoms with E-state index in [9.17, 15) is 19.2 Å². The molecule has 6 rings (SSSR count). The van der Waals surface area contributed by atoms with Gasteiger partial charge in [0.25, 0.3) is 0 Å². The number of methoxy groups -OCH3 is 1. The number of hydrogen-bond acceptors (Lipinski definition) is 9. The van der Waals surface area contributed by atoms with Gasteiger partial charge in [0.2, 0.25) is 5.91 Å². The number of esters is 4. The molecule has 1 aliphatic heterocycles. The zero-order valence-corrected chi connectivity index (χ0v) is 30.9. The second-order valence-electron chi connectivity index (χ2n) is 12.9. The fourth-order valence-corrected chi connectivity index (χ4v) is 8.22. The summed E-state index contributed by atoms with van der Waals surface area (Å²) in [6, 6.07) is 32.5. The van der Waals surface area contributed by atoms with E-state index in [4.69, 9.17) is 18.9 Å². The van der Waals surface area contributed by atoms with Crippen LogP contribution < -0.4 is 4.90 Å². The van der Waals surface area contributed by atoms with Crippen molar-refractivity contribution < 1.29 is 42.9 Å². The molecule has 1 heterocycles. The van der Waals surface area contributed by atoms with Crippen molar-refractivity contribution in [3.8, 4) is 0 Å². The van der Waals surface area contributed by atoms with Crippen LogP contribution in [0.2, 0.25) is 0 Å². The van der Waals surface area contributed by atoms with Crippen molar-refractivity contribution in [1.29, 1.82) is 0 Å². The normalized spacial score (nSPS) is 19.9. The van der Waals surface area contributed by atoms with Gasteiger partial charge in [0, 0.05) is 15.7 Å². The molecule has 1 fully saturated rings. The Morgan fingerprint density at radius 3 is 1.83 bits per heavy atom. The largest absolute Gasteiger partial charge is 0.469 e. The lowest BCUT2D eigenvalue weighted by molar-refractivity contribution is -0.185. The van der Waals surface area contributed by atoms with Crippen LogP contribution in [0.3, 0.4) is 0 Å². The van der Waals surface area contributed by atoms with E-state index in [1.165, 1.54) is 7.11 Å². The average Bonchev–Trinajstić information content (AvgIpc) is 3.60. The second-order valence-corrected chi connectivity index (χ2v) is 14.1. The van der Waals surface area contributed by atoms with Crippen LogP contribution in [0, 0.1) is 20.8 Å². The molecule has 0 saturated heterocycles. The van der Waals surface area contributed by atoms with Gasteiger partial charge >= 0.3 is 23.9 Å². The molecule has 0 bridgehead atoms. The number of halogens is 1. The summed E-state index contributed by atoms with van der Waals surface area (Å²) in [7, 11) is 1.22. The number of rotatable bonds is 12. The molecular weight excluding hydrogens is 777 g/mol. The van der Waals surface area contributed by atoms with E-state index >= 15 is 4.79 Å². The molecule has 1 amide bonds. The van der Waals surface area contributed by atoms with E-state index in [1.807, 2.05) is 48.5 Å². The summed E-state index contributed by atoms with van der Waals surface area (Å²) < 4.78 is 23.3. The molecule has 268 valence electrons. The Labute approximate surface area is 315 Å². The molecule has 1 saturated carbocycles. The quantitative estimate of drug-likeness (QED) is 0.0701. The van der Waals surface area contributed by atoms with Crippen LogP contribution in [-0.2, 0) is 68.1 Å². The lowest BCUT2D eigenvalue weighted by Gasteiger charge is -2.37. The summed E-state index contributed by atoms with van der Waals surface area (Å²) in [5.41, 5.74) is -1.34. The van der Waals surface area contributed by atoms with Gasteiger partial charge in [0.05, 0.1) is 25.7 Å². The average molecular weight is 816 g/mol. The standard InChI is InChI=1S/C41H38INO9/c1-3-50-36(45)35-40(38(47)51-25-28-15-9-5-10-16-28,39(48)52-26-29-17-11-6-12-18-29)23-30(21-34(44)49-2)41(35)32-22-31(42)19-20-33(32)43(37(41)46)24-27-13-7-4-8-14-27/h4-20,22,30,35H,3,21,23-26H2,1-2H3/t30-,35+,41-/m0/s1. The molecule has 11 heteroatoms. The third kappa shape index (κ3) is 6.69. The van der Waals surface area contributed by atoms with Gasteiger partial charge in [-0.1, -0.05) is 91.0 Å². The first-order valence-electron chi connectivity index (χ1n) is 17.0. The molecule has 0 N–H and O–H groups in total. The Morgan fingerprint density at radius 1 is 0.769 bits per heavy atom. The van der Waals surface area contributed by atoms with Crippen LogP contribution in [0.1, 0.15) is 42.0 Å². The minimum absolute atomic E-state index is 0.109. The number of fused-ring (bicyclic) bond motifs is 2. The van der Waals surface area contributed by atoms with Gasteiger partial charge in [-0.25, -0.2) is 0 Å². The van der Waals surface area contributed by atoms with E-state index in [-0.39, 0.29) is 32.8 Å². The number of hydrogen-bond donors (Lipinski definition) is 0. The number of carbonyl (C=O) groups excluding carboxylic acids is 5. The predicted octanol–water partition coefficient (Wildman–Crippen LogP) is 6.31. The fraction of sp³-hybridized carbons (Fsp3) is 0.293. The topological polar surface area (TPSA) is 126 Å². The summed E-state index contributed by atoms with van der Waals surface area (Å²) in [6.07, 6.45) is -0.815. The third-order valence-electron chi connectivity index (χ3n) is 9.96. The predicted molar refractivity (Wildman–Crippen MR) is 198 cm³/mol. The first kappa shape index (κ1) is 36.7. The molecule has 4 aromatic carbocycles. The fourth-order valence-electron chi connectivity index (χ4n) is 7.73. The van der Waals surface area contributed by atoms with Crippen molar-refractivity contribution in [2.45, 2.75) is 44.9 Å². The Balaban J connectivity index is 1.58. The molecule has 2 aliphatic rings. The summed E-state index contributed by atoms with van der Waals surface area (Å²) in [5.74, 6) is -7.16. The van der Waals surface area contributed by atoms with Gasteiger partial charge in [-0.15, -0.1) is 0 Å². The summed E-state index contributed by atoms with van der Waals surface area (Å²) in [4.78, 5) is 74.6. The summed E-state index contributed by atoms with van der Waals surface area (Å²) >= 11 is 2.12. The van der Waals surface area contributed by atoms with Gasteiger partial charge in [-0.05, 0) is 82.3 Å². The lowest BCUT2D eigenvalue weighted by atomic mass is 9.63. The van der Waals surface area contributed by atoms with Crippen molar-refractivity contribution in [1.82, 2.24) is 0 Å². The van der Waals surface area contributed by atoms with Crippen LogP contribution in [0.25, 0.3) is 0 Å². The maximum absolute atomic E-state index is 15.5. The van der Waals surface area contributed by atoms with E-state index in [1.54, 1.807) is 72.5 Å². The molecule has 1 aliphatic carbocycles. The van der Waals surface area contributed by atoms with Crippen molar-refractivity contribution in [3.63, 3.8) is 0 Å². The summed E-state index contributed by atoms with van der Waals surface area (Å²) in [5, 5.41) is 0. The number of anilines is 1. The van der Waals surface area contributed by atoms with Gasteiger partial charge in [0.15, 0.2) is 5.41 Å². The highest BCUT2D eigenvalue weighted by Crippen LogP contribution is 2.66. The second kappa shape index (κ2) is 15.7. The van der Waals surface area contributed by atoms with Crippen molar-refractivity contribution >= 4 is 58.1 Å². The molecule has 52 heavy (non-hydrogen) atoms.